The van der Waals surface area contributed by atoms with Gasteiger partial charge in [-0.2, -0.15) is 0 Å². The summed E-state index contributed by atoms with van der Waals surface area (Å²) in [5.74, 6) is 0.900. The van der Waals surface area contributed by atoms with Crippen molar-refractivity contribution in [1.82, 2.24) is 0 Å². The Morgan fingerprint density at radius 2 is 1.19 bits per heavy atom. The summed E-state index contributed by atoms with van der Waals surface area (Å²) in [6.07, 6.45) is 0. The van der Waals surface area contributed by atoms with E-state index < -0.39 is 0 Å². The van der Waals surface area contributed by atoms with Crippen molar-refractivity contribution in [3.05, 3.63) is 62.6 Å². The third-order valence-corrected chi connectivity index (χ3v) is 5.30. The zero-order valence-electron chi connectivity index (χ0n) is 17.9. The van der Waals surface area contributed by atoms with Crippen molar-refractivity contribution in [3.8, 4) is 5.75 Å². The van der Waals surface area contributed by atoms with E-state index in [1.807, 2.05) is 0 Å². The van der Waals surface area contributed by atoms with E-state index in [-0.39, 0.29) is 23.7 Å². The molecule has 0 bridgehead atoms. The molecule has 2 aromatic rings. The minimum Gasteiger partial charge on any atom is -0.507 e. The average molecular weight is 368 g/mol. The lowest BCUT2D eigenvalue weighted by atomic mass is 9.77. The number of hydrogen-bond acceptors (Lipinski definition) is 3. The maximum atomic E-state index is 11.8. The number of rotatable bonds is 6. The Hall–Kier alpha value is -2.16. The molecule has 146 valence electrons. The maximum Gasteiger partial charge on any atom is 0.122 e. The number of nitrogens with zero attached hydrogens (tertiary/aromatic N) is 1. The number of aromatic hydroxyl groups is 1. The quantitative estimate of drug-likeness (QED) is 0.539. The first-order valence-electron chi connectivity index (χ1n) is 9.89. The summed E-state index contributed by atoms with van der Waals surface area (Å²) in [6, 6.07) is 8.22. The van der Waals surface area contributed by atoms with E-state index in [1.54, 1.807) is 0 Å². The second-order valence-electron chi connectivity index (χ2n) is 8.71. The van der Waals surface area contributed by atoms with E-state index in [1.165, 1.54) is 0 Å². The largest absolute Gasteiger partial charge is 0.507 e. The van der Waals surface area contributed by atoms with E-state index in [0.29, 0.717) is 11.4 Å². The number of benzene rings is 2. The van der Waals surface area contributed by atoms with E-state index >= 15 is 0 Å². The first kappa shape index (κ1) is 21.1. The Morgan fingerprint density at radius 1 is 0.741 bits per heavy atom. The Morgan fingerprint density at radius 3 is 1.63 bits per heavy atom. The molecule has 1 atom stereocenters. The number of aryl methyl sites for hydroxylation is 2. The molecule has 0 amide bonds. The SMILES string of the molecule is Cc1cc(C(C)C)c(O)c(C(c2cc(C)cc(C(C)C)c2N=O)C(C)C)c1. The summed E-state index contributed by atoms with van der Waals surface area (Å²) >= 11 is 0. The van der Waals surface area contributed by atoms with Crippen molar-refractivity contribution < 1.29 is 5.11 Å². The van der Waals surface area contributed by atoms with Gasteiger partial charge in [-0.1, -0.05) is 76.9 Å². The lowest BCUT2D eigenvalue weighted by molar-refractivity contribution is 0.442. The topological polar surface area (TPSA) is 49.7 Å². The van der Waals surface area contributed by atoms with Crippen molar-refractivity contribution >= 4 is 5.69 Å². The zero-order valence-corrected chi connectivity index (χ0v) is 17.9. The van der Waals surface area contributed by atoms with Crippen LogP contribution in [0, 0.1) is 24.7 Å². The molecule has 2 rings (SSSR count). The highest BCUT2D eigenvalue weighted by molar-refractivity contribution is 5.61. The molecule has 0 aliphatic carbocycles. The van der Waals surface area contributed by atoms with Crippen LogP contribution in [0.1, 0.15) is 92.7 Å². The fraction of sp³-hybridized carbons (Fsp3) is 0.500. The maximum absolute atomic E-state index is 11.8. The molecule has 1 N–H and O–H groups in total. The molecule has 3 heteroatoms. The van der Waals surface area contributed by atoms with Crippen LogP contribution in [-0.2, 0) is 0 Å². The van der Waals surface area contributed by atoms with Crippen molar-refractivity contribution in [2.75, 3.05) is 0 Å². The van der Waals surface area contributed by atoms with E-state index in [9.17, 15) is 10.0 Å². The van der Waals surface area contributed by atoms with Crippen LogP contribution in [0.2, 0.25) is 0 Å². The molecule has 0 aromatic heterocycles. The highest BCUT2D eigenvalue weighted by atomic mass is 16.3. The van der Waals surface area contributed by atoms with Crippen LogP contribution in [0.4, 0.5) is 5.69 Å². The summed E-state index contributed by atoms with van der Waals surface area (Å²) in [6.45, 7) is 16.7. The normalized spacial score (nSPS) is 12.9. The molecule has 0 radical (unpaired) electrons. The van der Waals surface area contributed by atoms with Gasteiger partial charge in [0.1, 0.15) is 11.4 Å². The van der Waals surface area contributed by atoms with Gasteiger partial charge in [0.25, 0.3) is 0 Å². The zero-order chi connectivity index (χ0) is 20.5. The van der Waals surface area contributed by atoms with Gasteiger partial charge >= 0.3 is 0 Å². The van der Waals surface area contributed by atoms with Crippen LogP contribution >= 0.6 is 0 Å². The highest BCUT2D eigenvalue weighted by Gasteiger charge is 2.28. The molecule has 27 heavy (non-hydrogen) atoms. The Kier molecular flexibility index (Phi) is 6.46. The van der Waals surface area contributed by atoms with Gasteiger partial charge in [0.2, 0.25) is 0 Å². The monoisotopic (exact) mass is 367 g/mol. The number of nitroso groups, excluding NO2 is 1. The predicted molar refractivity (Wildman–Crippen MR) is 114 cm³/mol. The van der Waals surface area contributed by atoms with Crippen LogP contribution in [0.5, 0.6) is 5.75 Å². The van der Waals surface area contributed by atoms with Gasteiger partial charge in [-0.3, -0.25) is 0 Å². The van der Waals surface area contributed by atoms with Crippen molar-refractivity contribution in [2.24, 2.45) is 11.1 Å². The summed E-state index contributed by atoms with van der Waals surface area (Å²) in [5.41, 5.74) is 6.49. The summed E-state index contributed by atoms with van der Waals surface area (Å²) in [5, 5.41) is 14.5. The highest BCUT2D eigenvalue weighted by Crippen LogP contribution is 2.46. The fourth-order valence-electron chi connectivity index (χ4n) is 4.02. The van der Waals surface area contributed by atoms with E-state index in [2.05, 4.69) is 84.8 Å². The van der Waals surface area contributed by atoms with Gasteiger partial charge in [-0.25, -0.2) is 0 Å². The molecule has 1 unspecified atom stereocenters. The third-order valence-electron chi connectivity index (χ3n) is 5.30. The number of phenolic OH excluding ortho intramolecular Hbond substituents is 1. The smallest absolute Gasteiger partial charge is 0.122 e. The molecule has 0 aliphatic heterocycles. The molecule has 0 spiro atoms. The van der Waals surface area contributed by atoms with Crippen molar-refractivity contribution in [2.45, 2.75) is 73.1 Å². The molecule has 0 saturated carbocycles. The third kappa shape index (κ3) is 4.23. The van der Waals surface area contributed by atoms with Crippen LogP contribution in [-0.4, -0.2) is 5.11 Å². The van der Waals surface area contributed by atoms with E-state index in [0.717, 1.165) is 33.4 Å². The average Bonchev–Trinajstić information content (AvgIpc) is 2.56. The standard InChI is InChI=1S/C24H33NO2/c1-13(2)18-9-16(7)11-20(23(18)25-27)22(15(5)6)21-12-17(8)10-19(14(3)4)24(21)26/h9-15,22,26H,1-8H3. The van der Waals surface area contributed by atoms with Gasteiger partial charge in [0, 0.05) is 11.5 Å². The van der Waals surface area contributed by atoms with Gasteiger partial charge in [0.15, 0.2) is 0 Å². The first-order chi connectivity index (χ1) is 12.6. The summed E-state index contributed by atoms with van der Waals surface area (Å²) in [4.78, 5) is 11.8. The lowest BCUT2D eigenvalue weighted by Gasteiger charge is -2.27. The number of phenols is 1. The first-order valence-corrected chi connectivity index (χ1v) is 9.89. The molecule has 3 nitrogen and oxygen atoms in total. The summed E-state index contributed by atoms with van der Waals surface area (Å²) in [7, 11) is 0. The molecule has 0 heterocycles. The number of hydrogen-bond donors (Lipinski definition) is 1. The minimum atomic E-state index is -0.0903. The van der Waals surface area contributed by atoms with Crippen LogP contribution < -0.4 is 0 Å². The molecular formula is C24H33NO2. The molecule has 0 aliphatic rings. The molecular weight excluding hydrogens is 334 g/mol. The second-order valence-corrected chi connectivity index (χ2v) is 8.71. The van der Waals surface area contributed by atoms with Crippen LogP contribution in [0.25, 0.3) is 0 Å². The van der Waals surface area contributed by atoms with E-state index in [4.69, 9.17) is 0 Å². The van der Waals surface area contributed by atoms with Gasteiger partial charge < -0.3 is 5.11 Å². The predicted octanol–water partition coefficient (Wildman–Crippen LogP) is 7.44. The fourth-order valence-corrected chi connectivity index (χ4v) is 4.02. The Labute approximate surface area is 163 Å². The second kappa shape index (κ2) is 8.24. The van der Waals surface area contributed by atoms with Crippen molar-refractivity contribution in [3.63, 3.8) is 0 Å². The molecule has 2 aromatic carbocycles. The van der Waals surface area contributed by atoms with Crippen molar-refractivity contribution in [1.29, 1.82) is 0 Å². The molecule has 0 saturated heterocycles. The van der Waals surface area contributed by atoms with Gasteiger partial charge in [-0.15, -0.1) is 4.91 Å². The van der Waals surface area contributed by atoms with Gasteiger partial charge in [0.05, 0.1) is 0 Å². The van der Waals surface area contributed by atoms with Gasteiger partial charge in [-0.05, 0) is 53.5 Å². The van der Waals surface area contributed by atoms with Crippen LogP contribution in [0.3, 0.4) is 0 Å². The Bertz CT molecular complexity index is 835. The Balaban J connectivity index is 2.84. The lowest BCUT2D eigenvalue weighted by Crippen LogP contribution is -2.12. The molecule has 0 fully saturated rings. The summed E-state index contributed by atoms with van der Waals surface area (Å²) < 4.78 is 0. The minimum absolute atomic E-state index is 0.0903. The van der Waals surface area contributed by atoms with Crippen LogP contribution in [0.15, 0.2) is 29.4 Å².